The van der Waals surface area contributed by atoms with Gasteiger partial charge in [0.15, 0.2) is 0 Å². The Kier molecular flexibility index (Phi) is 3.83. The van der Waals surface area contributed by atoms with Crippen LogP contribution in [0.1, 0.15) is 43.0 Å². The van der Waals surface area contributed by atoms with Crippen LogP contribution < -0.4 is 0 Å². The lowest BCUT2D eigenvalue weighted by atomic mass is 9.82. The minimum Gasteiger partial charge on any atom is -0.434 e. The average Bonchev–Trinajstić information content (AvgIpc) is 2.38. The summed E-state index contributed by atoms with van der Waals surface area (Å²) in [5.74, 6) is 0. The standard InChI is InChI=1S/C16H22O3/c1-11-9-13(16(2,3)4)10-12-5-7-18-15(17)19-8-6-14(11)12/h9-10H,5-8H2,1-4H3. The molecule has 2 rings (SSSR count). The Morgan fingerprint density at radius 2 is 1.68 bits per heavy atom. The van der Waals surface area contributed by atoms with E-state index < -0.39 is 6.16 Å². The predicted octanol–water partition coefficient (Wildman–Crippen LogP) is 3.54. The van der Waals surface area contributed by atoms with E-state index in [4.69, 9.17) is 9.47 Å². The van der Waals surface area contributed by atoms with Gasteiger partial charge in [-0.1, -0.05) is 32.9 Å². The van der Waals surface area contributed by atoms with Crippen LogP contribution >= 0.6 is 0 Å². The normalized spacial score (nSPS) is 16.5. The lowest BCUT2D eigenvalue weighted by molar-refractivity contribution is 0.0586. The molecule has 0 saturated carbocycles. The quantitative estimate of drug-likeness (QED) is 0.671. The first-order chi connectivity index (χ1) is 8.88. The molecule has 19 heavy (non-hydrogen) atoms. The topological polar surface area (TPSA) is 35.5 Å². The molecule has 1 aromatic rings. The lowest BCUT2D eigenvalue weighted by Crippen LogP contribution is -2.14. The maximum absolute atomic E-state index is 11.2. The molecule has 104 valence electrons. The number of rotatable bonds is 0. The van der Waals surface area contributed by atoms with E-state index >= 15 is 0 Å². The third-order valence-electron chi connectivity index (χ3n) is 3.59. The third kappa shape index (κ3) is 3.28. The number of carbonyl (C=O) groups is 1. The van der Waals surface area contributed by atoms with Gasteiger partial charge in [0.05, 0.1) is 13.2 Å². The first kappa shape index (κ1) is 13.9. The Bertz CT molecular complexity index is 484. The Morgan fingerprint density at radius 3 is 2.32 bits per heavy atom. The van der Waals surface area contributed by atoms with Crippen LogP contribution in [0, 0.1) is 6.92 Å². The number of benzene rings is 1. The minimum absolute atomic E-state index is 0.130. The Hall–Kier alpha value is -1.51. The van der Waals surface area contributed by atoms with Crippen LogP contribution in [-0.2, 0) is 27.7 Å². The zero-order chi connectivity index (χ0) is 14.0. The molecule has 3 nitrogen and oxygen atoms in total. The molecule has 1 aromatic carbocycles. The molecule has 0 unspecified atom stereocenters. The van der Waals surface area contributed by atoms with E-state index in [0.717, 1.165) is 12.8 Å². The summed E-state index contributed by atoms with van der Waals surface area (Å²) < 4.78 is 10.0. The second kappa shape index (κ2) is 5.24. The van der Waals surface area contributed by atoms with Crippen molar-refractivity contribution >= 4 is 6.16 Å². The molecule has 0 aromatic heterocycles. The first-order valence-electron chi connectivity index (χ1n) is 6.80. The van der Waals surface area contributed by atoms with Gasteiger partial charge in [-0.2, -0.15) is 0 Å². The summed E-state index contributed by atoms with van der Waals surface area (Å²) in [6, 6.07) is 4.50. The molecule has 0 aliphatic carbocycles. The predicted molar refractivity (Wildman–Crippen MR) is 74.6 cm³/mol. The maximum atomic E-state index is 11.2. The highest BCUT2D eigenvalue weighted by Gasteiger charge is 2.19. The van der Waals surface area contributed by atoms with E-state index in [9.17, 15) is 4.79 Å². The summed E-state index contributed by atoms with van der Waals surface area (Å²) in [6.07, 6.45) is 0.970. The van der Waals surface area contributed by atoms with Crippen LogP contribution in [0.3, 0.4) is 0 Å². The molecule has 0 fully saturated rings. The van der Waals surface area contributed by atoms with Gasteiger partial charge in [-0.3, -0.25) is 0 Å². The molecular formula is C16H22O3. The number of hydrogen-bond donors (Lipinski definition) is 0. The fourth-order valence-corrected chi connectivity index (χ4v) is 2.43. The monoisotopic (exact) mass is 262 g/mol. The number of ether oxygens (including phenoxy) is 2. The Morgan fingerprint density at radius 1 is 1.05 bits per heavy atom. The minimum atomic E-state index is -0.554. The molecule has 0 amide bonds. The van der Waals surface area contributed by atoms with E-state index in [-0.39, 0.29) is 5.41 Å². The average molecular weight is 262 g/mol. The van der Waals surface area contributed by atoms with E-state index in [1.807, 2.05) is 0 Å². The zero-order valence-corrected chi connectivity index (χ0v) is 12.2. The van der Waals surface area contributed by atoms with Crippen molar-refractivity contribution in [3.63, 3.8) is 0 Å². The summed E-state index contributed by atoms with van der Waals surface area (Å²) in [4.78, 5) is 11.2. The van der Waals surface area contributed by atoms with Crippen molar-refractivity contribution in [2.24, 2.45) is 0 Å². The molecular weight excluding hydrogens is 240 g/mol. The molecule has 0 saturated heterocycles. The smallest absolute Gasteiger partial charge is 0.434 e. The van der Waals surface area contributed by atoms with Gasteiger partial charge in [-0.05, 0) is 34.6 Å². The molecule has 0 atom stereocenters. The van der Waals surface area contributed by atoms with Gasteiger partial charge in [0.2, 0.25) is 0 Å². The van der Waals surface area contributed by atoms with Crippen molar-refractivity contribution in [3.8, 4) is 0 Å². The zero-order valence-electron chi connectivity index (χ0n) is 12.2. The van der Waals surface area contributed by atoms with Crippen LogP contribution in [0.15, 0.2) is 12.1 Å². The van der Waals surface area contributed by atoms with Gasteiger partial charge >= 0.3 is 6.16 Å². The number of carbonyl (C=O) groups excluding carboxylic acids is 1. The molecule has 1 aliphatic heterocycles. The summed E-state index contributed by atoms with van der Waals surface area (Å²) >= 11 is 0. The molecule has 0 spiro atoms. The first-order valence-corrected chi connectivity index (χ1v) is 6.80. The van der Waals surface area contributed by atoms with Gasteiger partial charge in [-0.25, -0.2) is 4.79 Å². The highest BCUT2D eigenvalue weighted by atomic mass is 16.7. The van der Waals surface area contributed by atoms with Gasteiger partial charge in [0.25, 0.3) is 0 Å². The van der Waals surface area contributed by atoms with E-state index in [2.05, 4.69) is 39.8 Å². The van der Waals surface area contributed by atoms with E-state index in [0.29, 0.717) is 13.2 Å². The number of aryl methyl sites for hydroxylation is 1. The van der Waals surface area contributed by atoms with Crippen molar-refractivity contribution < 1.29 is 14.3 Å². The van der Waals surface area contributed by atoms with Crippen LogP contribution in [0.2, 0.25) is 0 Å². The highest BCUT2D eigenvalue weighted by molar-refractivity contribution is 5.60. The summed E-state index contributed by atoms with van der Waals surface area (Å²) in [7, 11) is 0. The fourth-order valence-electron chi connectivity index (χ4n) is 2.43. The summed E-state index contributed by atoms with van der Waals surface area (Å²) in [5, 5.41) is 0. The van der Waals surface area contributed by atoms with Gasteiger partial charge in [0.1, 0.15) is 0 Å². The van der Waals surface area contributed by atoms with Crippen molar-refractivity contribution in [3.05, 3.63) is 34.4 Å². The Balaban J connectivity index is 2.39. The summed E-state index contributed by atoms with van der Waals surface area (Å²) in [6.45, 7) is 9.56. The van der Waals surface area contributed by atoms with Crippen LogP contribution in [-0.4, -0.2) is 19.4 Å². The maximum Gasteiger partial charge on any atom is 0.508 e. The third-order valence-corrected chi connectivity index (χ3v) is 3.59. The highest BCUT2D eigenvalue weighted by Crippen LogP contribution is 2.28. The Labute approximate surface area is 114 Å². The number of hydrogen-bond acceptors (Lipinski definition) is 3. The van der Waals surface area contributed by atoms with Crippen molar-refractivity contribution in [1.82, 2.24) is 0 Å². The number of fused-ring (bicyclic) bond motifs is 1. The van der Waals surface area contributed by atoms with Gasteiger partial charge in [0, 0.05) is 12.8 Å². The largest absolute Gasteiger partial charge is 0.508 e. The molecule has 3 heteroatoms. The van der Waals surface area contributed by atoms with Gasteiger partial charge < -0.3 is 9.47 Å². The van der Waals surface area contributed by atoms with Crippen LogP contribution in [0.5, 0.6) is 0 Å². The van der Waals surface area contributed by atoms with Crippen molar-refractivity contribution in [2.75, 3.05) is 13.2 Å². The second-order valence-electron chi connectivity index (χ2n) is 6.13. The number of cyclic esters (lactones) is 2. The van der Waals surface area contributed by atoms with Crippen molar-refractivity contribution in [2.45, 2.75) is 46.0 Å². The van der Waals surface area contributed by atoms with Crippen LogP contribution in [0.4, 0.5) is 4.79 Å². The van der Waals surface area contributed by atoms with Crippen LogP contribution in [0.25, 0.3) is 0 Å². The lowest BCUT2D eigenvalue weighted by Gasteiger charge is -2.23. The fraction of sp³-hybridized carbons (Fsp3) is 0.562. The molecule has 1 aliphatic rings. The molecule has 0 bridgehead atoms. The molecule has 0 N–H and O–H groups in total. The second-order valence-corrected chi connectivity index (χ2v) is 6.13. The van der Waals surface area contributed by atoms with Crippen molar-refractivity contribution in [1.29, 1.82) is 0 Å². The summed E-state index contributed by atoms with van der Waals surface area (Å²) in [5.41, 5.74) is 5.32. The molecule has 1 heterocycles. The van der Waals surface area contributed by atoms with E-state index in [1.54, 1.807) is 0 Å². The SMILES string of the molecule is Cc1cc(C(C)(C)C)cc2c1CCOC(=O)OCC2. The van der Waals surface area contributed by atoms with Gasteiger partial charge in [-0.15, -0.1) is 0 Å². The van der Waals surface area contributed by atoms with E-state index in [1.165, 1.54) is 22.3 Å². The molecule has 0 radical (unpaired) electrons.